The zero-order chi connectivity index (χ0) is 15.2. The Bertz CT molecular complexity index is 658. The maximum Gasteiger partial charge on any atom is 0.127 e. The van der Waals surface area contributed by atoms with E-state index in [-0.39, 0.29) is 0 Å². The highest BCUT2D eigenvalue weighted by Crippen LogP contribution is 2.24. The summed E-state index contributed by atoms with van der Waals surface area (Å²) in [6, 6.07) is 15.9. The first-order valence-electron chi connectivity index (χ1n) is 6.92. The van der Waals surface area contributed by atoms with Crippen LogP contribution in [-0.2, 0) is 0 Å². The van der Waals surface area contributed by atoms with E-state index >= 15 is 0 Å². The summed E-state index contributed by atoms with van der Waals surface area (Å²) >= 11 is 0. The number of rotatable bonds is 5. The van der Waals surface area contributed by atoms with Crippen molar-refractivity contribution in [1.82, 2.24) is 0 Å². The van der Waals surface area contributed by atoms with Crippen molar-refractivity contribution in [2.75, 3.05) is 0 Å². The Balaban J connectivity index is 2.06. The highest BCUT2D eigenvalue weighted by atomic mass is 16.5. The largest absolute Gasteiger partial charge is 0.457 e. The van der Waals surface area contributed by atoms with Crippen LogP contribution in [0.2, 0.25) is 0 Å². The van der Waals surface area contributed by atoms with Gasteiger partial charge in [-0.05, 0) is 49.2 Å². The fourth-order valence-electron chi connectivity index (χ4n) is 1.82. The number of allylic oxidation sites excluding steroid dienone is 4. The lowest BCUT2D eigenvalue weighted by Crippen LogP contribution is -1.85. The predicted molar refractivity (Wildman–Crippen MR) is 90.7 cm³/mol. The molecule has 21 heavy (non-hydrogen) atoms. The number of aryl methyl sites for hydroxylation is 1. The zero-order valence-corrected chi connectivity index (χ0v) is 12.6. The van der Waals surface area contributed by atoms with Gasteiger partial charge in [0.1, 0.15) is 11.5 Å². The highest BCUT2D eigenvalue weighted by molar-refractivity contribution is 5.72. The quantitative estimate of drug-likeness (QED) is 0.615. The summed E-state index contributed by atoms with van der Waals surface area (Å²) in [6.07, 6.45) is 3.93. The predicted octanol–water partition coefficient (Wildman–Crippen LogP) is 5.93. The van der Waals surface area contributed by atoms with E-state index in [1.807, 2.05) is 67.6 Å². The van der Waals surface area contributed by atoms with Gasteiger partial charge in [-0.15, -0.1) is 0 Å². The summed E-state index contributed by atoms with van der Waals surface area (Å²) in [5.74, 6) is 1.66. The molecule has 2 aromatic rings. The van der Waals surface area contributed by atoms with E-state index in [1.54, 1.807) is 0 Å². The Morgan fingerprint density at radius 1 is 0.857 bits per heavy atom. The van der Waals surface area contributed by atoms with Gasteiger partial charge in [0, 0.05) is 0 Å². The molecule has 0 heterocycles. The maximum atomic E-state index is 5.80. The van der Waals surface area contributed by atoms with Crippen LogP contribution in [-0.4, -0.2) is 0 Å². The first-order chi connectivity index (χ1) is 10.0. The van der Waals surface area contributed by atoms with Crippen LogP contribution in [0.4, 0.5) is 0 Å². The van der Waals surface area contributed by atoms with Gasteiger partial charge >= 0.3 is 0 Å². The molecule has 0 aromatic heterocycles. The normalized spacial score (nSPS) is 10.6. The van der Waals surface area contributed by atoms with Crippen LogP contribution in [0.15, 0.2) is 79.4 Å². The Morgan fingerprint density at radius 3 is 1.90 bits per heavy atom. The summed E-state index contributed by atoms with van der Waals surface area (Å²) in [7, 11) is 0. The van der Waals surface area contributed by atoms with Gasteiger partial charge in [-0.25, -0.2) is 0 Å². The van der Waals surface area contributed by atoms with Crippen LogP contribution in [0.5, 0.6) is 11.5 Å². The van der Waals surface area contributed by atoms with E-state index in [4.69, 9.17) is 4.74 Å². The van der Waals surface area contributed by atoms with Gasteiger partial charge in [-0.3, -0.25) is 0 Å². The molecule has 0 aliphatic rings. The molecule has 0 atom stereocenters. The van der Waals surface area contributed by atoms with E-state index in [0.717, 1.165) is 28.2 Å². The Labute approximate surface area is 126 Å². The topological polar surface area (TPSA) is 9.23 Å². The zero-order valence-electron chi connectivity index (χ0n) is 12.6. The average Bonchev–Trinajstić information content (AvgIpc) is 2.48. The molecule has 2 aromatic carbocycles. The number of hydrogen-bond donors (Lipinski definition) is 0. The van der Waals surface area contributed by atoms with Gasteiger partial charge in [0.2, 0.25) is 0 Å². The summed E-state index contributed by atoms with van der Waals surface area (Å²) in [4.78, 5) is 0. The maximum absolute atomic E-state index is 5.80. The summed E-state index contributed by atoms with van der Waals surface area (Å²) < 4.78 is 5.80. The highest BCUT2D eigenvalue weighted by Gasteiger charge is 1.99. The Kier molecular flexibility index (Phi) is 4.78. The second-order valence-electron chi connectivity index (χ2n) is 5.14. The van der Waals surface area contributed by atoms with Crippen molar-refractivity contribution >= 4 is 5.57 Å². The van der Waals surface area contributed by atoms with E-state index in [9.17, 15) is 0 Å². The molecule has 2 rings (SSSR count). The molecule has 0 spiro atoms. The smallest absolute Gasteiger partial charge is 0.127 e. The van der Waals surface area contributed by atoms with Crippen molar-refractivity contribution < 1.29 is 4.74 Å². The van der Waals surface area contributed by atoms with Crippen molar-refractivity contribution in [2.24, 2.45) is 0 Å². The molecule has 0 saturated carbocycles. The van der Waals surface area contributed by atoms with Gasteiger partial charge in [0.15, 0.2) is 0 Å². The van der Waals surface area contributed by atoms with E-state index < -0.39 is 0 Å². The van der Waals surface area contributed by atoms with Crippen molar-refractivity contribution in [3.63, 3.8) is 0 Å². The average molecular weight is 276 g/mol. The minimum atomic E-state index is 0.819. The Hall–Kier alpha value is -2.54. The van der Waals surface area contributed by atoms with Crippen molar-refractivity contribution in [3.8, 4) is 11.5 Å². The molecule has 0 amide bonds. The summed E-state index contributed by atoms with van der Waals surface area (Å²) in [6.45, 7) is 11.9. The molecule has 0 aliphatic carbocycles. The molecule has 0 radical (unpaired) electrons. The van der Waals surface area contributed by atoms with Crippen LogP contribution >= 0.6 is 0 Å². The minimum Gasteiger partial charge on any atom is -0.457 e. The fraction of sp³-hybridized carbons (Fsp3) is 0.100. The lowest BCUT2D eigenvalue weighted by Gasteiger charge is -2.07. The van der Waals surface area contributed by atoms with Gasteiger partial charge in [0.05, 0.1) is 0 Å². The molecule has 0 unspecified atom stereocenters. The SMILES string of the molecule is C=C(C)/C=C\C(=C)c1ccc(Oc2ccc(C)cc2)cc1. The molecule has 106 valence electrons. The monoisotopic (exact) mass is 276 g/mol. The number of hydrogen-bond acceptors (Lipinski definition) is 1. The summed E-state index contributed by atoms with van der Waals surface area (Å²) in [5, 5.41) is 0. The van der Waals surface area contributed by atoms with Gasteiger partial charge < -0.3 is 4.74 Å². The summed E-state index contributed by atoms with van der Waals surface area (Å²) in [5.41, 5.74) is 4.26. The lowest BCUT2D eigenvalue weighted by atomic mass is 10.1. The molecule has 0 bridgehead atoms. The first kappa shape index (κ1) is 14.9. The van der Waals surface area contributed by atoms with E-state index in [1.165, 1.54) is 5.56 Å². The van der Waals surface area contributed by atoms with Crippen molar-refractivity contribution in [2.45, 2.75) is 13.8 Å². The standard InChI is InChI=1S/C20H20O/c1-15(2)5-8-17(4)18-9-13-20(14-10-18)21-19-11-6-16(3)7-12-19/h5-14H,1,4H2,2-3H3/b8-5-. The molecular weight excluding hydrogens is 256 g/mol. The van der Waals surface area contributed by atoms with Crippen LogP contribution in [0.1, 0.15) is 18.1 Å². The van der Waals surface area contributed by atoms with Gasteiger partial charge in [-0.1, -0.05) is 60.7 Å². The third kappa shape index (κ3) is 4.50. The molecule has 0 N–H and O–H groups in total. The van der Waals surface area contributed by atoms with Crippen LogP contribution < -0.4 is 4.74 Å². The third-order valence-electron chi connectivity index (χ3n) is 3.05. The van der Waals surface area contributed by atoms with Gasteiger partial charge in [-0.2, -0.15) is 0 Å². The number of benzene rings is 2. The van der Waals surface area contributed by atoms with Crippen molar-refractivity contribution in [3.05, 3.63) is 90.5 Å². The van der Waals surface area contributed by atoms with Crippen LogP contribution in [0, 0.1) is 6.92 Å². The van der Waals surface area contributed by atoms with Crippen LogP contribution in [0.3, 0.4) is 0 Å². The van der Waals surface area contributed by atoms with E-state index in [2.05, 4.69) is 20.1 Å². The van der Waals surface area contributed by atoms with E-state index in [0.29, 0.717) is 0 Å². The first-order valence-corrected chi connectivity index (χ1v) is 6.92. The molecule has 1 nitrogen and oxygen atoms in total. The molecule has 0 fully saturated rings. The number of ether oxygens (including phenoxy) is 1. The van der Waals surface area contributed by atoms with Crippen molar-refractivity contribution in [1.29, 1.82) is 0 Å². The molecular formula is C20H20O. The fourth-order valence-corrected chi connectivity index (χ4v) is 1.82. The third-order valence-corrected chi connectivity index (χ3v) is 3.05. The second-order valence-corrected chi connectivity index (χ2v) is 5.14. The van der Waals surface area contributed by atoms with Crippen LogP contribution in [0.25, 0.3) is 5.57 Å². The molecule has 0 aliphatic heterocycles. The molecule has 0 saturated heterocycles. The minimum absolute atomic E-state index is 0.819. The Morgan fingerprint density at radius 2 is 1.38 bits per heavy atom. The van der Waals surface area contributed by atoms with Gasteiger partial charge in [0.25, 0.3) is 0 Å². The molecule has 1 heteroatoms. The lowest BCUT2D eigenvalue weighted by molar-refractivity contribution is 0.482. The second kappa shape index (κ2) is 6.76.